The van der Waals surface area contributed by atoms with Crippen LogP contribution in [0.2, 0.25) is 0 Å². The molecule has 4 heteroatoms. The maximum absolute atomic E-state index is 4.45. The molecule has 4 nitrogen and oxygen atoms in total. The summed E-state index contributed by atoms with van der Waals surface area (Å²) in [6.45, 7) is 5.37. The van der Waals surface area contributed by atoms with Gasteiger partial charge >= 0.3 is 0 Å². The molecule has 0 amide bonds. The van der Waals surface area contributed by atoms with Crippen LogP contribution in [0.3, 0.4) is 0 Å². The van der Waals surface area contributed by atoms with Gasteiger partial charge in [-0.2, -0.15) is 0 Å². The lowest BCUT2D eigenvalue weighted by molar-refractivity contribution is 0.115. The van der Waals surface area contributed by atoms with Crippen molar-refractivity contribution >= 4 is 11.0 Å². The minimum absolute atomic E-state index is 0.483. The summed E-state index contributed by atoms with van der Waals surface area (Å²) in [5.41, 5.74) is 3.58. The van der Waals surface area contributed by atoms with Crippen LogP contribution in [0.25, 0.3) is 11.0 Å². The van der Waals surface area contributed by atoms with Crippen molar-refractivity contribution < 1.29 is 0 Å². The highest BCUT2D eigenvalue weighted by Gasteiger charge is 2.23. The standard InChI is InChI=1S/C14H20N4/c1-10-15-12-5-4-11(8-13(12)16-10)14-9-17(2)6-7-18(14)3/h4-5,8,14H,6-7,9H2,1-3H3,(H,15,16). The molecule has 1 N–H and O–H groups in total. The molecule has 1 unspecified atom stereocenters. The highest BCUT2D eigenvalue weighted by Crippen LogP contribution is 2.25. The van der Waals surface area contributed by atoms with Gasteiger partial charge in [0.15, 0.2) is 0 Å². The van der Waals surface area contributed by atoms with Gasteiger partial charge in [0.2, 0.25) is 0 Å². The summed E-state index contributed by atoms with van der Waals surface area (Å²) in [7, 11) is 4.40. The first-order chi connectivity index (χ1) is 8.63. The van der Waals surface area contributed by atoms with Crippen LogP contribution in [0.15, 0.2) is 18.2 Å². The lowest BCUT2D eigenvalue weighted by atomic mass is 10.0. The van der Waals surface area contributed by atoms with E-state index in [1.165, 1.54) is 5.56 Å². The lowest BCUT2D eigenvalue weighted by Gasteiger charge is -2.38. The fourth-order valence-electron chi connectivity index (χ4n) is 2.73. The Morgan fingerprint density at radius 1 is 1.28 bits per heavy atom. The Morgan fingerprint density at radius 3 is 2.94 bits per heavy atom. The zero-order valence-corrected chi connectivity index (χ0v) is 11.3. The zero-order chi connectivity index (χ0) is 12.7. The van der Waals surface area contributed by atoms with E-state index in [2.05, 4.69) is 52.1 Å². The third kappa shape index (κ3) is 2.02. The Balaban J connectivity index is 1.97. The number of H-pyrrole nitrogens is 1. The number of hydrogen-bond acceptors (Lipinski definition) is 3. The van der Waals surface area contributed by atoms with Gasteiger partial charge < -0.3 is 9.88 Å². The van der Waals surface area contributed by atoms with Crippen molar-refractivity contribution in [1.29, 1.82) is 0 Å². The summed E-state index contributed by atoms with van der Waals surface area (Å²) < 4.78 is 0. The number of fused-ring (bicyclic) bond motifs is 1. The number of benzene rings is 1. The van der Waals surface area contributed by atoms with E-state index in [4.69, 9.17) is 0 Å². The van der Waals surface area contributed by atoms with Crippen LogP contribution in [-0.2, 0) is 0 Å². The number of imidazole rings is 1. The highest BCUT2D eigenvalue weighted by molar-refractivity contribution is 5.76. The molecule has 0 saturated carbocycles. The number of likely N-dealkylation sites (N-methyl/N-ethyl adjacent to an activating group) is 2. The molecule has 3 rings (SSSR count). The molecular weight excluding hydrogens is 224 g/mol. The Labute approximate surface area is 108 Å². The van der Waals surface area contributed by atoms with Crippen molar-refractivity contribution in [2.75, 3.05) is 33.7 Å². The maximum atomic E-state index is 4.45. The molecule has 96 valence electrons. The number of aryl methyl sites for hydroxylation is 1. The van der Waals surface area contributed by atoms with E-state index >= 15 is 0 Å². The molecule has 1 atom stereocenters. The van der Waals surface area contributed by atoms with Gasteiger partial charge in [0.25, 0.3) is 0 Å². The fraction of sp³-hybridized carbons (Fsp3) is 0.500. The van der Waals surface area contributed by atoms with Crippen molar-refractivity contribution in [1.82, 2.24) is 19.8 Å². The van der Waals surface area contributed by atoms with E-state index in [1.54, 1.807) is 0 Å². The van der Waals surface area contributed by atoms with Crippen LogP contribution >= 0.6 is 0 Å². The Hall–Kier alpha value is -1.39. The minimum atomic E-state index is 0.483. The second kappa shape index (κ2) is 4.37. The van der Waals surface area contributed by atoms with Gasteiger partial charge in [-0.15, -0.1) is 0 Å². The summed E-state index contributed by atoms with van der Waals surface area (Å²) >= 11 is 0. The van der Waals surface area contributed by atoms with E-state index in [9.17, 15) is 0 Å². The first-order valence-corrected chi connectivity index (χ1v) is 6.48. The van der Waals surface area contributed by atoms with E-state index < -0.39 is 0 Å². The number of rotatable bonds is 1. The molecule has 0 aliphatic carbocycles. The molecule has 1 fully saturated rings. The molecule has 18 heavy (non-hydrogen) atoms. The van der Waals surface area contributed by atoms with Crippen molar-refractivity contribution in [3.63, 3.8) is 0 Å². The highest BCUT2D eigenvalue weighted by atomic mass is 15.3. The number of aromatic amines is 1. The molecule has 1 aromatic carbocycles. The van der Waals surface area contributed by atoms with Gasteiger partial charge in [-0.3, -0.25) is 4.90 Å². The van der Waals surface area contributed by atoms with Gasteiger partial charge in [0.1, 0.15) is 5.82 Å². The predicted molar refractivity (Wildman–Crippen MR) is 73.7 cm³/mol. The van der Waals surface area contributed by atoms with Crippen molar-refractivity contribution in [2.24, 2.45) is 0 Å². The largest absolute Gasteiger partial charge is 0.342 e. The maximum Gasteiger partial charge on any atom is 0.104 e. The van der Waals surface area contributed by atoms with Crippen LogP contribution in [0.1, 0.15) is 17.4 Å². The first-order valence-electron chi connectivity index (χ1n) is 6.48. The predicted octanol–water partition coefficient (Wildman–Crippen LogP) is 1.79. The Kier molecular flexibility index (Phi) is 2.84. The Morgan fingerprint density at radius 2 is 2.11 bits per heavy atom. The zero-order valence-electron chi connectivity index (χ0n) is 11.3. The minimum Gasteiger partial charge on any atom is -0.342 e. The number of piperazine rings is 1. The van der Waals surface area contributed by atoms with Crippen LogP contribution in [0, 0.1) is 6.92 Å². The Bertz CT molecular complexity index is 560. The molecule has 0 bridgehead atoms. The van der Waals surface area contributed by atoms with Crippen LogP contribution in [0.4, 0.5) is 0 Å². The molecule has 0 radical (unpaired) electrons. The van der Waals surface area contributed by atoms with E-state index in [1.807, 2.05) is 6.92 Å². The summed E-state index contributed by atoms with van der Waals surface area (Å²) in [6, 6.07) is 7.06. The van der Waals surface area contributed by atoms with E-state index in [-0.39, 0.29) is 0 Å². The molecule has 1 aliphatic heterocycles. The molecule has 1 saturated heterocycles. The molecule has 1 aromatic heterocycles. The third-order valence-electron chi connectivity index (χ3n) is 3.86. The smallest absolute Gasteiger partial charge is 0.104 e. The molecule has 2 aromatic rings. The molecule has 0 spiro atoms. The fourth-order valence-corrected chi connectivity index (χ4v) is 2.73. The van der Waals surface area contributed by atoms with Crippen LogP contribution < -0.4 is 0 Å². The van der Waals surface area contributed by atoms with Gasteiger partial charge in [0.05, 0.1) is 11.0 Å². The van der Waals surface area contributed by atoms with Crippen LogP contribution in [0.5, 0.6) is 0 Å². The molecule has 1 aliphatic rings. The van der Waals surface area contributed by atoms with Crippen LogP contribution in [-0.4, -0.2) is 53.5 Å². The second-order valence-electron chi connectivity index (χ2n) is 5.36. The summed E-state index contributed by atoms with van der Waals surface area (Å²) in [5, 5.41) is 0. The summed E-state index contributed by atoms with van der Waals surface area (Å²) in [4.78, 5) is 12.6. The van der Waals surface area contributed by atoms with Crippen molar-refractivity contribution in [3.05, 3.63) is 29.6 Å². The number of hydrogen-bond donors (Lipinski definition) is 1. The van der Waals surface area contributed by atoms with Gasteiger partial charge in [-0.1, -0.05) is 6.07 Å². The lowest BCUT2D eigenvalue weighted by Crippen LogP contribution is -2.44. The van der Waals surface area contributed by atoms with Gasteiger partial charge in [0, 0.05) is 25.7 Å². The average Bonchev–Trinajstić information content (AvgIpc) is 2.71. The van der Waals surface area contributed by atoms with Gasteiger partial charge in [-0.25, -0.2) is 4.98 Å². The molecule has 2 heterocycles. The van der Waals surface area contributed by atoms with Crippen molar-refractivity contribution in [2.45, 2.75) is 13.0 Å². The number of nitrogens with zero attached hydrogens (tertiary/aromatic N) is 3. The quantitative estimate of drug-likeness (QED) is 0.830. The summed E-state index contributed by atoms with van der Waals surface area (Å²) in [5.74, 6) is 0.983. The second-order valence-corrected chi connectivity index (χ2v) is 5.36. The first kappa shape index (κ1) is 11.7. The van der Waals surface area contributed by atoms with Crippen molar-refractivity contribution in [3.8, 4) is 0 Å². The van der Waals surface area contributed by atoms with E-state index in [0.717, 1.165) is 36.5 Å². The van der Waals surface area contributed by atoms with Gasteiger partial charge in [-0.05, 0) is 38.7 Å². The number of aromatic nitrogens is 2. The monoisotopic (exact) mass is 244 g/mol. The summed E-state index contributed by atoms with van der Waals surface area (Å²) in [6.07, 6.45) is 0. The average molecular weight is 244 g/mol. The molecular formula is C14H20N4. The SMILES string of the molecule is Cc1nc2ccc(C3CN(C)CCN3C)cc2[nH]1. The normalized spacial score (nSPS) is 22.7. The topological polar surface area (TPSA) is 35.2 Å². The number of nitrogens with one attached hydrogen (secondary N) is 1. The third-order valence-corrected chi connectivity index (χ3v) is 3.86. The van der Waals surface area contributed by atoms with E-state index in [0.29, 0.717) is 6.04 Å².